The summed E-state index contributed by atoms with van der Waals surface area (Å²) in [6.45, 7) is 3.23. The summed E-state index contributed by atoms with van der Waals surface area (Å²) in [6, 6.07) is 7.85. The summed E-state index contributed by atoms with van der Waals surface area (Å²) in [6.07, 6.45) is 1.77. The molecular formula is C15H16Cl2N2O2. The second-order valence-corrected chi connectivity index (χ2v) is 5.33. The van der Waals surface area contributed by atoms with Crippen molar-refractivity contribution in [3.8, 4) is 0 Å². The fraction of sp³-hybridized carbons (Fsp3) is 0.333. The third kappa shape index (κ3) is 3.99. The number of carbonyl (C=O) groups excluding carboxylic acids is 1. The number of benzene rings is 1. The van der Waals surface area contributed by atoms with E-state index >= 15 is 0 Å². The molecule has 1 aliphatic rings. The van der Waals surface area contributed by atoms with Crippen LogP contribution >= 0.6 is 23.2 Å². The van der Waals surface area contributed by atoms with E-state index in [2.05, 4.69) is 14.9 Å². The molecule has 2 rings (SSSR count). The van der Waals surface area contributed by atoms with Gasteiger partial charge in [0, 0.05) is 30.5 Å². The van der Waals surface area contributed by atoms with E-state index in [0.29, 0.717) is 23.0 Å². The number of hydrogen-bond donors (Lipinski definition) is 0. The van der Waals surface area contributed by atoms with E-state index in [-0.39, 0.29) is 0 Å². The van der Waals surface area contributed by atoms with Crippen LogP contribution in [0.15, 0.2) is 35.0 Å². The molecule has 0 fully saturated rings. The average molecular weight is 327 g/mol. The van der Waals surface area contributed by atoms with Gasteiger partial charge in [0.15, 0.2) is 0 Å². The molecule has 1 aliphatic heterocycles. The summed E-state index contributed by atoms with van der Waals surface area (Å²) in [5.74, 6) is 0.677. The highest BCUT2D eigenvalue weighted by atomic mass is 35.5. The molecule has 1 aromatic rings. The Kier molecular flexibility index (Phi) is 5.65. The minimum absolute atomic E-state index is 0.414. The monoisotopic (exact) mass is 326 g/mol. The minimum atomic E-state index is -0.414. The smallest absolute Gasteiger partial charge is 0.367 e. The molecule has 0 bridgehead atoms. The number of nitrogens with zero attached hydrogens (tertiary/aromatic N) is 2. The van der Waals surface area contributed by atoms with Gasteiger partial charge in [-0.05, 0) is 30.7 Å². The Bertz CT molecular complexity index is 562. The summed E-state index contributed by atoms with van der Waals surface area (Å²) >= 11 is 11.6. The second-order valence-electron chi connectivity index (χ2n) is 4.57. The van der Waals surface area contributed by atoms with Gasteiger partial charge in [-0.25, -0.2) is 4.79 Å². The minimum Gasteiger partial charge on any atom is -0.369 e. The van der Waals surface area contributed by atoms with Crippen molar-refractivity contribution in [2.24, 2.45) is 5.16 Å². The molecule has 6 heteroatoms. The number of halogens is 2. The van der Waals surface area contributed by atoms with Crippen LogP contribution < -0.4 is 4.90 Å². The Balaban J connectivity index is 2.17. The van der Waals surface area contributed by atoms with Crippen LogP contribution in [0, 0.1) is 0 Å². The topological polar surface area (TPSA) is 41.9 Å². The van der Waals surface area contributed by atoms with Gasteiger partial charge < -0.3 is 9.74 Å². The summed E-state index contributed by atoms with van der Waals surface area (Å²) < 4.78 is 0. The van der Waals surface area contributed by atoms with Gasteiger partial charge in [-0.1, -0.05) is 17.3 Å². The first-order valence-corrected chi connectivity index (χ1v) is 7.67. The standard InChI is InChI=1S/C15H16Cl2N2O2/c1-11-14(15(20)21-18-11)10-12-2-4-13(5-3-12)19(8-6-16)9-7-17/h2-5,10H,6-9H2,1H3/b14-10-. The van der Waals surface area contributed by atoms with Crippen LogP contribution in [-0.4, -0.2) is 36.5 Å². The predicted octanol–water partition coefficient (Wildman–Crippen LogP) is 3.29. The van der Waals surface area contributed by atoms with E-state index in [1.807, 2.05) is 24.3 Å². The molecule has 1 aromatic carbocycles. The first-order chi connectivity index (χ1) is 10.2. The number of oxime groups is 1. The van der Waals surface area contributed by atoms with E-state index in [0.717, 1.165) is 24.3 Å². The molecule has 0 radical (unpaired) electrons. The normalized spacial score (nSPS) is 16.0. The van der Waals surface area contributed by atoms with Crippen molar-refractivity contribution in [3.05, 3.63) is 35.4 Å². The Labute approximate surface area is 134 Å². The highest BCUT2D eigenvalue weighted by Gasteiger charge is 2.21. The summed E-state index contributed by atoms with van der Waals surface area (Å²) in [5, 5.41) is 3.65. The largest absolute Gasteiger partial charge is 0.369 e. The Morgan fingerprint density at radius 2 is 1.81 bits per heavy atom. The molecule has 0 aliphatic carbocycles. The molecule has 0 amide bonds. The van der Waals surface area contributed by atoms with Crippen LogP contribution in [0.5, 0.6) is 0 Å². The Hall–Kier alpha value is -1.52. The predicted molar refractivity (Wildman–Crippen MR) is 87.3 cm³/mol. The molecule has 0 aromatic heterocycles. The van der Waals surface area contributed by atoms with Gasteiger partial charge >= 0.3 is 5.97 Å². The van der Waals surface area contributed by atoms with E-state index in [4.69, 9.17) is 23.2 Å². The third-order valence-electron chi connectivity index (χ3n) is 3.15. The third-order valence-corrected chi connectivity index (χ3v) is 3.49. The summed E-state index contributed by atoms with van der Waals surface area (Å²) in [4.78, 5) is 18.2. The number of anilines is 1. The molecule has 112 valence electrons. The first-order valence-electron chi connectivity index (χ1n) is 6.60. The molecule has 1 heterocycles. The molecular weight excluding hydrogens is 311 g/mol. The maximum Gasteiger partial charge on any atom is 0.367 e. The molecule has 0 saturated heterocycles. The van der Waals surface area contributed by atoms with Crippen molar-refractivity contribution < 1.29 is 9.63 Å². The van der Waals surface area contributed by atoms with Gasteiger partial charge in [0.2, 0.25) is 0 Å². The maximum atomic E-state index is 11.5. The zero-order chi connectivity index (χ0) is 15.2. The first kappa shape index (κ1) is 15.9. The highest BCUT2D eigenvalue weighted by Crippen LogP contribution is 2.19. The lowest BCUT2D eigenvalue weighted by Gasteiger charge is -2.22. The maximum absolute atomic E-state index is 11.5. The van der Waals surface area contributed by atoms with Gasteiger partial charge in [0.05, 0.1) is 11.3 Å². The summed E-state index contributed by atoms with van der Waals surface area (Å²) in [7, 11) is 0. The van der Waals surface area contributed by atoms with Crippen LogP contribution in [0.3, 0.4) is 0 Å². The van der Waals surface area contributed by atoms with Crippen molar-refractivity contribution in [1.29, 1.82) is 0 Å². The molecule has 4 nitrogen and oxygen atoms in total. The molecule has 21 heavy (non-hydrogen) atoms. The molecule has 0 spiro atoms. The van der Waals surface area contributed by atoms with Gasteiger partial charge in [0.25, 0.3) is 0 Å². The van der Waals surface area contributed by atoms with Crippen LogP contribution in [-0.2, 0) is 9.63 Å². The van der Waals surface area contributed by atoms with Crippen LogP contribution in [0.4, 0.5) is 5.69 Å². The second kappa shape index (κ2) is 7.48. The van der Waals surface area contributed by atoms with E-state index in [1.165, 1.54) is 0 Å². The zero-order valence-electron chi connectivity index (χ0n) is 11.7. The Morgan fingerprint density at radius 3 is 2.29 bits per heavy atom. The van der Waals surface area contributed by atoms with Crippen LogP contribution in [0.25, 0.3) is 6.08 Å². The van der Waals surface area contributed by atoms with Crippen molar-refractivity contribution in [2.75, 3.05) is 29.7 Å². The van der Waals surface area contributed by atoms with Crippen molar-refractivity contribution in [1.82, 2.24) is 0 Å². The molecule has 0 saturated carbocycles. The average Bonchev–Trinajstić information content (AvgIpc) is 2.80. The number of rotatable bonds is 6. The molecule has 0 N–H and O–H groups in total. The van der Waals surface area contributed by atoms with E-state index in [9.17, 15) is 4.79 Å². The summed E-state index contributed by atoms with van der Waals surface area (Å²) in [5.41, 5.74) is 3.05. The van der Waals surface area contributed by atoms with Crippen molar-refractivity contribution >= 4 is 46.6 Å². The van der Waals surface area contributed by atoms with Crippen LogP contribution in [0.1, 0.15) is 12.5 Å². The van der Waals surface area contributed by atoms with E-state index in [1.54, 1.807) is 13.0 Å². The van der Waals surface area contributed by atoms with Crippen molar-refractivity contribution in [2.45, 2.75) is 6.92 Å². The lowest BCUT2D eigenvalue weighted by atomic mass is 10.1. The lowest BCUT2D eigenvalue weighted by molar-refractivity contribution is -0.136. The number of alkyl halides is 2. The van der Waals surface area contributed by atoms with Crippen molar-refractivity contribution in [3.63, 3.8) is 0 Å². The lowest BCUT2D eigenvalue weighted by Crippen LogP contribution is -2.27. The molecule has 0 atom stereocenters. The van der Waals surface area contributed by atoms with Gasteiger partial charge in [-0.2, -0.15) is 0 Å². The molecule has 0 unspecified atom stereocenters. The van der Waals surface area contributed by atoms with E-state index < -0.39 is 5.97 Å². The number of hydrogen-bond acceptors (Lipinski definition) is 4. The van der Waals surface area contributed by atoms with Gasteiger partial charge in [-0.15, -0.1) is 23.2 Å². The fourth-order valence-electron chi connectivity index (χ4n) is 2.04. The zero-order valence-corrected chi connectivity index (χ0v) is 13.2. The fourth-order valence-corrected chi connectivity index (χ4v) is 2.45. The van der Waals surface area contributed by atoms with Gasteiger partial charge in [-0.3, -0.25) is 0 Å². The van der Waals surface area contributed by atoms with Crippen LogP contribution in [0.2, 0.25) is 0 Å². The Morgan fingerprint density at radius 1 is 1.19 bits per heavy atom. The SMILES string of the molecule is CC1=NOC(=O)/C1=C\c1ccc(N(CCCl)CCCl)cc1. The number of carbonyl (C=O) groups is 1. The van der Waals surface area contributed by atoms with Gasteiger partial charge in [0.1, 0.15) is 0 Å². The highest BCUT2D eigenvalue weighted by molar-refractivity contribution is 6.24. The quantitative estimate of drug-likeness (QED) is 0.457.